The van der Waals surface area contributed by atoms with Crippen LogP contribution in [0.4, 0.5) is 10.2 Å². The van der Waals surface area contributed by atoms with Gasteiger partial charge in [0.15, 0.2) is 5.82 Å². The summed E-state index contributed by atoms with van der Waals surface area (Å²) in [5.74, 6) is -0.879. The van der Waals surface area contributed by atoms with Crippen LogP contribution in [-0.4, -0.2) is 27.1 Å². The Morgan fingerprint density at radius 2 is 1.64 bits per heavy atom. The second-order valence-electron chi connectivity index (χ2n) is 7.26. The number of aromatic amines is 1. The Hall–Kier alpha value is -4.33. The lowest BCUT2D eigenvalue weighted by molar-refractivity contribution is -0.145. The van der Waals surface area contributed by atoms with Crippen LogP contribution in [0, 0.1) is 5.82 Å². The highest BCUT2D eigenvalue weighted by atomic mass is 19.1. The van der Waals surface area contributed by atoms with E-state index >= 15 is 0 Å². The Balaban J connectivity index is 1.44. The summed E-state index contributed by atoms with van der Waals surface area (Å²) >= 11 is 0. The Morgan fingerprint density at radius 1 is 0.909 bits per heavy atom. The van der Waals surface area contributed by atoms with E-state index in [1.807, 2.05) is 30.3 Å². The van der Waals surface area contributed by atoms with Gasteiger partial charge in [-0.05, 0) is 47.5 Å². The van der Waals surface area contributed by atoms with Crippen LogP contribution in [0.15, 0.2) is 79.1 Å². The van der Waals surface area contributed by atoms with Gasteiger partial charge in [-0.15, -0.1) is 0 Å². The number of hydrogen-bond donors (Lipinski definition) is 2. The maximum atomic E-state index is 13.4. The zero-order valence-electron chi connectivity index (χ0n) is 17.6. The van der Waals surface area contributed by atoms with Crippen LogP contribution in [0.3, 0.4) is 0 Å². The van der Waals surface area contributed by atoms with E-state index in [0.29, 0.717) is 22.6 Å². The van der Waals surface area contributed by atoms with Gasteiger partial charge in [0.25, 0.3) is 0 Å². The predicted octanol–water partition coefficient (Wildman–Crippen LogP) is 4.74. The van der Waals surface area contributed by atoms with Gasteiger partial charge < -0.3 is 10.1 Å². The van der Waals surface area contributed by atoms with E-state index in [4.69, 9.17) is 4.74 Å². The van der Waals surface area contributed by atoms with E-state index in [2.05, 4.69) is 20.5 Å². The molecular formula is C25H21FN4O3. The number of halogens is 1. The molecule has 0 aliphatic rings. The molecule has 2 aromatic heterocycles. The van der Waals surface area contributed by atoms with Crippen molar-refractivity contribution < 1.29 is 18.7 Å². The van der Waals surface area contributed by atoms with E-state index in [1.165, 1.54) is 12.1 Å². The van der Waals surface area contributed by atoms with Crippen LogP contribution in [0.2, 0.25) is 0 Å². The third kappa shape index (κ3) is 5.68. The Bertz CT molecular complexity index is 1230. The maximum absolute atomic E-state index is 13.4. The topological polar surface area (TPSA) is 97.0 Å². The van der Waals surface area contributed by atoms with Gasteiger partial charge in [-0.25, -0.2) is 4.39 Å². The molecule has 7 nitrogen and oxygen atoms in total. The summed E-state index contributed by atoms with van der Waals surface area (Å²) in [6, 6.07) is 18.9. The van der Waals surface area contributed by atoms with Gasteiger partial charge in [0.1, 0.15) is 12.4 Å². The molecule has 2 heterocycles. The Labute approximate surface area is 189 Å². The molecule has 1 amide bonds. The van der Waals surface area contributed by atoms with Gasteiger partial charge in [0, 0.05) is 24.4 Å². The number of hydrogen-bond acceptors (Lipinski definition) is 5. The van der Waals surface area contributed by atoms with Gasteiger partial charge in [0.2, 0.25) is 5.91 Å². The van der Waals surface area contributed by atoms with E-state index in [0.717, 1.165) is 11.1 Å². The summed E-state index contributed by atoms with van der Waals surface area (Å²) in [4.78, 5) is 28.6. The molecule has 4 rings (SSSR count). The SMILES string of the molecule is O=C(CCC(=O)OCc1ccccc1)Nc1n[nH]c(-c2ccc(F)cc2)c1-c1ccncc1. The zero-order chi connectivity index (χ0) is 23.0. The number of carbonyl (C=O) groups is 2. The van der Waals surface area contributed by atoms with Crippen LogP contribution in [-0.2, 0) is 20.9 Å². The first-order valence-electron chi connectivity index (χ1n) is 10.3. The lowest BCUT2D eigenvalue weighted by Gasteiger charge is -2.08. The highest BCUT2D eigenvalue weighted by Crippen LogP contribution is 2.36. The average Bonchev–Trinajstić information content (AvgIpc) is 3.26. The lowest BCUT2D eigenvalue weighted by Crippen LogP contribution is -2.15. The minimum atomic E-state index is -0.461. The quantitative estimate of drug-likeness (QED) is 0.383. The van der Waals surface area contributed by atoms with Crippen molar-refractivity contribution in [2.75, 3.05) is 5.32 Å². The number of benzene rings is 2. The number of H-pyrrole nitrogens is 1. The van der Waals surface area contributed by atoms with Crippen LogP contribution in [0.25, 0.3) is 22.4 Å². The second-order valence-corrected chi connectivity index (χ2v) is 7.26. The normalized spacial score (nSPS) is 10.6. The molecule has 0 saturated carbocycles. The van der Waals surface area contributed by atoms with Crippen molar-refractivity contribution in [3.05, 3.63) is 90.5 Å². The minimum absolute atomic E-state index is 0.0534. The third-order valence-electron chi connectivity index (χ3n) is 4.92. The molecule has 2 aromatic carbocycles. The highest BCUT2D eigenvalue weighted by molar-refractivity contribution is 5.98. The molecule has 2 N–H and O–H groups in total. The number of anilines is 1. The third-order valence-corrected chi connectivity index (χ3v) is 4.92. The van der Waals surface area contributed by atoms with Gasteiger partial charge in [-0.1, -0.05) is 30.3 Å². The summed E-state index contributed by atoms with van der Waals surface area (Å²) < 4.78 is 18.6. The lowest BCUT2D eigenvalue weighted by atomic mass is 10.0. The van der Waals surface area contributed by atoms with Crippen molar-refractivity contribution in [2.45, 2.75) is 19.4 Å². The second kappa shape index (κ2) is 10.3. The number of nitrogens with one attached hydrogen (secondary N) is 2. The van der Waals surface area contributed by atoms with E-state index in [9.17, 15) is 14.0 Å². The zero-order valence-corrected chi connectivity index (χ0v) is 17.6. The van der Waals surface area contributed by atoms with E-state index < -0.39 is 5.97 Å². The predicted molar refractivity (Wildman–Crippen MR) is 121 cm³/mol. The first-order valence-corrected chi connectivity index (χ1v) is 10.3. The standard InChI is InChI=1S/C25H21FN4O3/c26-20-8-6-19(7-9-20)24-23(18-12-14-27-15-13-18)25(30-29-24)28-21(31)10-11-22(32)33-16-17-4-2-1-3-5-17/h1-9,12-15H,10-11,16H2,(H2,28,29,30,31). The fourth-order valence-corrected chi connectivity index (χ4v) is 3.28. The number of ether oxygens (including phenoxy) is 1. The summed E-state index contributed by atoms with van der Waals surface area (Å²) in [6.07, 6.45) is 3.15. The largest absolute Gasteiger partial charge is 0.461 e. The Morgan fingerprint density at radius 3 is 2.36 bits per heavy atom. The number of carbonyl (C=O) groups excluding carboxylic acids is 2. The molecule has 0 saturated heterocycles. The van der Waals surface area contributed by atoms with Crippen molar-refractivity contribution in [2.24, 2.45) is 0 Å². The molecule has 0 fully saturated rings. The van der Waals surface area contributed by atoms with Gasteiger partial charge in [-0.3, -0.25) is 19.7 Å². The summed E-state index contributed by atoms with van der Waals surface area (Å²) in [5, 5.41) is 9.92. The van der Waals surface area contributed by atoms with Crippen LogP contribution < -0.4 is 5.32 Å². The number of amides is 1. The van der Waals surface area contributed by atoms with Crippen molar-refractivity contribution in [1.29, 1.82) is 0 Å². The van der Waals surface area contributed by atoms with Crippen LogP contribution in [0.5, 0.6) is 0 Å². The fraction of sp³-hybridized carbons (Fsp3) is 0.120. The summed E-state index contributed by atoms with van der Waals surface area (Å²) in [6.45, 7) is 0.161. The minimum Gasteiger partial charge on any atom is -0.461 e. The molecule has 0 bridgehead atoms. The Kier molecular flexibility index (Phi) is 6.84. The first-order chi connectivity index (χ1) is 16.1. The molecule has 166 valence electrons. The van der Waals surface area contributed by atoms with Crippen LogP contribution >= 0.6 is 0 Å². The molecule has 0 radical (unpaired) electrons. The molecule has 33 heavy (non-hydrogen) atoms. The summed E-state index contributed by atoms with van der Waals surface area (Å²) in [7, 11) is 0. The van der Waals surface area contributed by atoms with E-state index in [1.54, 1.807) is 36.7 Å². The fourth-order valence-electron chi connectivity index (χ4n) is 3.28. The molecular weight excluding hydrogens is 423 g/mol. The molecule has 0 atom stereocenters. The molecule has 4 aromatic rings. The van der Waals surface area contributed by atoms with Crippen molar-refractivity contribution >= 4 is 17.7 Å². The molecule has 0 aliphatic heterocycles. The number of aromatic nitrogens is 3. The number of pyridine rings is 1. The maximum Gasteiger partial charge on any atom is 0.306 e. The molecule has 0 aliphatic carbocycles. The number of esters is 1. The van der Waals surface area contributed by atoms with Crippen molar-refractivity contribution in [1.82, 2.24) is 15.2 Å². The van der Waals surface area contributed by atoms with Gasteiger partial charge in [-0.2, -0.15) is 5.10 Å². The van der Waals surface area contributed by atoms with Gasteiger partial charge in [0.05, 0.1) is 17.7 Å². The van der Waals surface area contributed by atoms with Crippen molar-refractivity contribution in [3.63, 3.8) is 0 Å². The van der Waals surface area contributed by atoms with Crippen LogP contribution in [0.1, 0.15) is 18.4 Å². The average molecular weight is 444 g/mol. The number of nitrogens with zero attached hydrogens (tertiary/aromatic N) is 2. The van der Waals surface area contributed by atoms with Gasteiger partial charge >= 0.3 is 5.97 Å². The molecule has 8 heteroatoms. The summed E-state index contributed by atoms with van der Waals surface area (Å²) in [5.41, 5.74) is 3.63. The smallest absolute Gasteiger partial charge is 0.306 e. The highest BCUT2D eigenvalue weighted by Gasteiger charge is 2.19. The van der Waals surface area contributed by atoms with E-state index in [-0.39, 0.29) is 31.2 Å². The monoisotopic (exact) mass is 444 g/mol. The molecule has 0 spiro atoms. The first kappa shape index (κ1) is 21.9. The molecule has 0 unspecified atom stereocenters. The van der Waals surface area contributed by atoms with Crippen molar-refractivity contribution in [3.8, 4) is 22.4 Å². The number of rotatable bonds is 8.